The molecule has 76 valence electrons. The van der Waals surface area contributed by atoms with Crippen LogP contribution in [0.4, 0.5) is 0 Å². The summed E-state index contributed by atoms with van der Waals surface area (Å²) >= 11 is 13.3. The van der Waals surface area contributed by atoms with Gasteiger partial charge in [0.2, 0.25) is 0 Å². The number of nitrogens with two attached hydrogens (primary N) is 1. The van der Waals surface area contributed by atoms with E-state index in [0.29, 0.717) is 16.6 Å². The van der Waals surface area contributed by atoms with Crippen molar-refractivity contribution in [3.8, 4) is 0 Å². The summed E-state index contributed by atoms with van der Waals surface area (Å²) in [4.78, 5) is 1.08. The summed E-state index contributed by atoms with van der Waals surface area (Å²) in [5, 5.41) is 1.16. The van der Waals surface area contributed by atoms with Gasteiger partial charge in [-0.15, -0.1) is 11.8 Å². The molecule has 0 spiro atoms. The van der Waals surface area contributed by atoms with Crippen molar-refractivity contribution in [2.75, 3.05) is 12.3 Å². The lowest BCUT2D eigenvalue weighted by molar-refractivity contribution is 1.15. The molecular formula is C10H11Cl2NS. The Morgan fingerprint density at radius 1 is 1.36 bits per heavy atom. The number of rotatable bonds is 4. The predicted octanol–water partition coefficient (Wildman–Crippen LogP) is 3.60. The Morgan fingerprint density at radius 2 is 2.07 bits per heavy atom. The second-order valence-electron chi connectivity index (χ2n) is 2.82. The molecule has 0 aliphatic carbocycles. The number of halogens is 2. The van der Waals surface area contributed by atoms with Crippen LogP contribution < -0.4 is 5.73 Å². The minimum atomic E-state index is 0.522. The highest BCUT2D eigenvalue weighted by Gasteiger charge is 2.00. The Hall–Kier alpha value is -0.150. The van der Waals surface area contributed by atoms with Gasteiger partial charge in [-0.3, -0.25) is 0 Å². The minimum Gasteiger partial charge on any atom is -0.327 e. The smallest absolute Gasteiger partial charge is 0.0603 e. The topological polar surface area (TPSA) is 26.0 Å². The second-order valence-corrected chi connectivity index (χ2v) is 4.68. The van der Waals surface area contributed by atoms with Crippen LogP contribution in [0.3, 0.4) is 0 Å². The summed E-state index contributed by atoms with van der Waals surface area (Å²) in [5.74, 6) is 0.814. The van der Waals surface area contributed by atoms with Crippen LogP contribution in [-0.4, -0.2) is 12.3 Å². The monoisotopic (exact) mass is 247 g/mol. The van der Waals surface area contributed by atoms with Gasteiger partial charge in [-0.2, -0.15) is 0 Å². The average molecular weight is 248 g/mol. The van der Waals surface area contributed by atoms with Gasteiger partial charge in [-0.05, 0) is 18.2 Å². The molecule has 1 aromatic rings. The molecule has 4 heteroatoms. The van der Waals surface area contributed by atoms with E-state index in [0.717, 1.165) is 16.2 Å². The Morgan fingerprint density at radius 3 is 2.64 bits per heavy atom. The Balaban J connectivity index is 2.60. The Kier molecular flexibility index (Phi) is 4.82. The minimum absolute atomic E-state index is 0.522. The quantitative estimate of drug-likeness (QED) is 0.650. The fourth-order valence-corrected chi connectivity index (χ4v) is 2.03. The summed E-state index contributed by atoms with van der Waals surface area (Å²) in [6, 6.07) is 5.57. The van der Waals surface area contributed by atoms with Gasteiger partial charge in [-0.25, -0.2) is 0 Å². The summed E-state index contributed by atoms with van der Waals surface area (Å²) in [6.07, 6.45) is 0. The van der Waals surface area contributed by atoms with Crippen LogP contribution in [0.1, 0.15) is 0 Å². The van der Waals surface area contributed by atoms with E-state index in [1.165, 1.54) is 0 Å². The van der Waals surface area contributed by atoms with E-state index in [1.54, 1.807) is 17.8 Å². The van der Waals surface area contributed by atoms with E-state index in [2.05, 4.69) is 6.58 Å². The first kappa shape index (κ1) is 11.9. The molecule has 2 N–H and O–H groups in total. The van der Waals surface area contributed by atoms with Crippen molar-refractivity contribution < 1.29 is 0 Å². The third-order valence-electron chi connectivity index (χ3n) is 1.62. The first-order valence-corrected chi connectivity index (χ1v) is 5.82. The van der Waals surface area contributed by atoms with Crippen molar-refractivity contribution in [2.45, 2.75) is 4.90 Å². The zero-order valence-corrected chi connectivity index (χ0v) is 9.92. The lowest BCUT2D eigenvalue weighted by atomic mass is 10.4. The highest BCUT2D eigenvalue weighted by Crippen LogP contribution is 2.28. The maximum absolute atomic E-state index is 5.87. The first-order chi connectivity index (χ1) is 6.63. The normalized spacial score (nSPS) is 10.2. The molecule has 1 nitrogen and oxygen atoms in total. The standard InChI is InChI=1S/C10H11Cl2NS/c1-7(5-13)6-14-8-2-3-9(11)10(12)4-8/h2-4H,1,5-6,13H2. The number of hydrogen-bond acceptors (Lipinski definition) is 2. The molecule has 0 atom stereocenters. The van der Waals surface area contributed by atoms with Gasteiger partial charge in [0.25, 0.3) is 0 Å². The molecule has 0 amide bonds. The maximum atomic E-state index is 5.87. The molecular weight excluding hydrogens is 237 g/mol. The fourth-order valence-electron chi connectivity index (χ4n) is 0.811. The second kappa shape index (κ2) is 5.66. The van der Waals surface area contributed by atoms with Crippen molar-refractivity contribution in [1.82, 2.24) is 0 Å². The zero-order chi connectivity index (χ0) is 10.6. The number of thioether (sulfide) groups is 1. The molecule has 0 aromatic heterocycles. The molecule has 0 heterocycles. The van der Waals surface area contributed by atoms with Gasteiger partial charge in [0.1, 0.15) is 0 Å². The lowest BCUT2D eigenvalue weighted by Gasteiger charge is -2.03. The van der Waals surface area contributed by atoms with E-state index in [9.17, 15) is 0 Å². The predicted molar refractivity (Wildman–Crippen MR) is 65.4 cm³/mol. The van der Waals surface area contributed by atoms with Crippen LogP contribution in [-0.2, 0) is 0 Å². The van der Waals surface area contributed by atoms with Gasteiger partial charge in [-0.1, -0.05) is 35.4 Å². The van der Waals surface area contributed by atoms with Crippen LogP contribution in [0.5, 0.6) is 0 Å². The van der Waals surface area contributed by atoms with Crippen molar-refractivity contribution >= 4 is 35.0 Å². The van der Waals surface area contributed by atoms with E-state index in [4.69, 9.17) is 28.9 Å². The van der Waals surface area contributed by atoms with Gasteiger partial charge in [0, 0.05) is 17.2 Å². The van der Waals surface area contributed by atoms with Crippen LogP contribution in [0.2, 0.25) is 10.0 Å². The Bertz CT molecular complexity index is 339. The molecule has 14 heavy (non-hydrogen) atoms. The SMILES string of the molecule is C=C(CN)CSc1ccc(Cl)c(Cl)c1. The molecule has 0 unspecified atom stereocenters. The molecule has 0 bridgehead atoms. The molecule has 1 rings (SSSR count). The molecule has 0 saturated heterocycles. The number of hydrogen-bond donors (Lipinski definition) is 1. The molecule has 1 aromatic carbocycles. The fraction of sp³-hybridized carbons (Fsp3) is 0.200. The van der Waals surface area contributed by atoms with Crippen molar-refractivity contribution in [3.05, 3.63) is 40.4 Å². The molecule has 0 saturated carbocycles. The summed E-state index contributed by atoms with van der Waals surface area (Å²) < 4.78 is 0. The van der Waals surface area contributed by atoms with Crippen LogP contribution >= 0.6 is 35.0 Å². The zero-order valence-electron chi connectivity index (χ0n) is 7.59. The average Bonchev–Trinajstić information content (AvgIpc) is 2.19. The van der Waals surface area contributed by atoms with E-state index < -0.39 is 0 Å². The summed E-state index contributed by atoms with van der Waals surface area (Å²) in [5.41, 5.74) is 6.45. The lowest BCUT2D eigenvalue weighted by Crippen LogP contribution is -2.03. The largest absolute Gasteiger partial charge is 0.327 e. The third kappa shape index (κ3) is 3.54. The van der Waals surface area contributed by atoms with Crippen molar-refractivity contribution in [3.63, 3.8) is 0 Å². The highest BCUT2D eigenvalue weighted by atomic mass is 35.5. The summed E-state index contributed by atoms with van der Waals surface area (Å²) in [6.45, 7) is 4.35. The van der Waals surface area contributed by atoms with Gasteiger partial charge in [0.15, 0.2) is 0 Å². The van der Waals surface area contributed by atoms with E-state index in [-0.39, 0.29) is 0 Å². The molecule has 0 radical (unpaired) electrons. The molecule has 0 aliphatic heterocycles. The Labute approximate surface area is 98.3 Å². The first-order valence-electron chi connectivity index (χ1n) is 4.08. The van der Waals surface area contributed by atoms with Crippen LogP contribution in [0.15, 0.2) is 35.2 Å². The van der Waals surface area contributed by atoms with Crippen LogP contribution in [0.25, 0.3) is 0 Å². The third-order valence-corrected chi connectivity index (χ3v) is 3.50. The molecule has 0 aliphatic rings. The highest BCUT2D eigenvalue weighted by molar-refractivity contribution is 7.99. The van der Waals surface area contributed by atoms with Crippen LogP contribution in [0, 0.1) is 0 Å². The van der Waals surface area contributed by atoms with E-state index >= 15 is 0 Å². The van der Waals surface area contributed by atoms with E-state index in [1.807, 2.05) is 12.1 Å². The van der Waals surface area contributed by atoms with Gasteiger partial charge >= 0.3 is 0 Å². The van der Waals surface area contributed by atoms with Crippen molar-refractivity contribution in [2.24, 2.45) is 5.73 Å². The van der Waals surface area contributed by atoms with Gasteiger partial charge in [0.05, 0.1) is 10.0 Å². The number of benzene rings is 1. The molecule has 0 fully saturated rings. The summed E-state index contributed by atoms with van der Waals surface area (Å²) in [7, 11) is 0. The van der Waals surface area contributed by atoms with Crippen molar-refractivity contribution in [1.29, 1.82) is 0 Å². The van der Waals surface area contributed by atoms with Gasteiger partial charge < -0.3 is 5.73 Å². The maximum Gasteiger partial charge on any atom is 0.0603 e.